The number of hydrogen-bond acceptors (Lipinski definition) is 4. The third kappa shape index (κ3) is 2.70. The third-order valence-electron chi connectivity index (χ3n) is 2.41. The van der Waals surface area contributed by atoms with Crippen molar-refractivity contribution in [3.05, 3.63) is 38.8 Å². The number of carboxylic acid groups (broad SMARTS) is 1. The summed E-state index contributed by atoms with van der Waals surface area (Å²) >= 11 is 4.78. The summed E-state index contributed by atoms with van der Waals surface area (Å²) in [7, 11) is 0. The SMILES string of the molecule is Cc1cc(Nc2nc(C(=O)O)cs2)cc(C)c1Br. The van der Waals surface area contributed by atoms with Crippen molar-refractivity contribution >= 4 is 44.1 Å². The summed E-state index contributed by atoms with van der Waals surface area (Å²) in [6, 6.07) is 3.97. The number of halogens is 1. The molecule has 0 amide bonds. The highest BCUT2D eigenvalue weighted by atomic mass is 79.9. The topological polar surface area (TPSA) is 62.2 Å². The van der Waals surface area contributed by atoms with E-state index in [1.807, 2.05) is 26.0 Å². The van der Waals surface area contributed by atoms with Crippen molar-refractivity contribution in [1.82, 2.24) is 4.98 Å². The molecule has 0 spiro atoms. The number of carboxylic acids is 1. The van der Waals surface area contributed by atoms with Crippen LogP contribution in [0.2, 0.25) is 0 Å². The first-order valence-corrected chi connectivity index (χ1v) is 6.87. The number of aromatic carboxylic acids is 1. The van der Waals surface area contributed by atoms with E-state index in [1.54, 1.807) is 0 Å². The lowest BCUT2D eigenvalue weighted by Gasteiger charge is -2.08. The first-order valence-electron chi connectivity index (χ1n) is 5.20. The molecular formula is C12H11BrN2O2S. The molecule has 0 bridgehead atoms. The molecular weight excluding hydrogens is 316 g/mol. The minimum atomic E-state index is -1.01. The zero-order valence-electron chi connectivity index (χ0n) is 9.82. The zero-order chi connectivity index (χ0) is 13.3. The van der Waals surface area contributed by atoms with E-state index in [0.29, 0.717) is 5.13 Å². The molecule has 2 rings (SSSR count). The van der Waals surface area contributed by atoms with Crippen molar-refractivity contribution in [2.75, 3.05) is 5.32 Å². The fourth-order valence-corrected chi connectivity index (χ4v) is 2.50. The Hall–Kier alpha value is -1.40. The lowest BCUT2D eigenvalue weighted by atomic mass is 10.1. The Labute approximate surface area is 117 Å². The summed E-state index contributed by atoms with van der Waals surface area (Å²) in [6.45, 7) is 4.01. The molecule has 0 saturated carbocycles. The molecule has 94 valence electrons. The van der Waals surface area contributed by atoms with E-state index in [4.69, 9.17) is 5.11 Å². The molecule has 0 saturated heterocycles. The van der Waals surface area contributed by atoms with Gasteiger partial charge in [-0.25, -0.2) is 9.78 Å². The molecule has 0 radical (unpaired) electrons. The van der Waals surface area contributed by atoms with Gasteiger partial charge >= 0.3 is 5.97 Å². The van der Waals surface area contributed by atoms with Gasteiger partial charge in [-0.15, -0.1) is 11.3 Å². The Morgan fingerprint density at radius 1 is 1.39 bits per heavy atom. The van der Waals surface area contributed by atoms with Gasteiger partial charge in [-0.3, -0.25) is 0 Å². The molecule has 0 aliphatic heterocycles. The highest BCUT2D eigenvalue weighted by Crippen LogP contribution is 2.28. The van der Waals surface area contributed by atoms with Crippen LogP contribution in [0.4, 0.5) is 10.8 Å². The number of rotatable bonds is 3. The Balaban J connectivity index is 2.25. The van der Waals surface area contributed by atoms with Crippen LogP contribution >= 0.6 is 27.3 Å². The van der Waals surface area contributed by atoms with Gasteiger partial charge in [-0.05, 0) is 37.1 Å². The molecule has 6 heteroatoms. The summed E-state index contributed by atoms with van der Waals surface area (Å²) in [5, 5.41) is 14.0. The number of benzene rings is 1. The fourth-order valence-electron chi connectivity index (χ4n) is 1.57. The summed E-state index contributed by atoms with van der Waals surface area (Å²) in [5.74, 6) is -1.01. The van der Waals surface area contributed by atoms with Crippen LogP contribution in [0.5, 0.6) is 0 Å². The van der Waals surface area contributed by atoms with Crippen molar-refractivity contribution < 1.29 is 9.90 Å². The molecule has 0 unspecified atom stereocenters. The monoisotopic (exact) mass is 326 g/mol. The maximum atomic E-state index is 10.7. The number of aryl methyl sites for hydroxylation is 2. The van der Waals surface area contributed by atoms with E-state index < -0.39 is 5.97 Å². The molecule has 0 aliphatic rings. The minimum absolute atomic E-state index is 0.0630. The highest BCUT2D eigenvalue weighted by molar-refractivity contribution is 9.10. The molecule has 1 heterocycles. The number of thiazole rings is 1. The van der Waals surface area contributed by atoms with Crippen LogP contribution in [0.3, 0.4) is 0 Å². The predicted molar refractivity (Wildman–Crippen MR) is 76.0 cm³/mol. The lowest BCUT2D eigenvalue weighted by Crippen LogP contribution is -1.97. The summed E-state index contributed by atoms with van der Waals surface area (Å²) in [6.07, 6.45) is 0. The molecule has 18 heavy (non-hydrogen) atoms. The van der Waals surface area contributed by atoms with E-state index in [1.165, 1.54) is 16.7 Å². The largest absolute Gasteiger partial charge is 0.476 e. The summed E-state index contributed by atoms with van der Waals surface area (Å²) in [5.41, 5.74) is 3.20. The molecule has 2 N–H and O–H groups in total. The second-order valence-electron chi connectivity index (χ2n) is 3.89. The van der Waals surface area contributed by atoms with Gasteiger partial charge in [-0.2, -0.15) is 0 Å². The predicted octanol–water partition coefficient (Wildman–Crippen LogP) is 3.96. The molecule has 4 nitrogen and oxygen atoms in total. The standard InChI is InChI=1S/C12H11BrN2O2S/c1-6-3-8(4-7(2)10(6)13)14-12-15-9(5-18-12)11(16)17/h3-5H,1-2H3,(H,14,15)(H,16,17). The second-order valence-corrected chi connectivity index (χ2v) is 5.54. The van der Waals surface area contributed by atoms with Crippen LogP contribution < -0.4 is 5.32 Å². The number of anilines is 2. The number of aromatic nitrogens is 1. The van der Waals surface area contributed by atoms with Gasteiger partial charge < -0.3 is 10.4 Å². The lowest BCUT2D eigenvalue weighted by molar-refractivity contribution is 0.0691. The molecule has 0 fully saturated rings. The highest BCUT2D eigenvalue weighted by Gasteiger charge is 2.09. The number of nitrogens with one attached hydrogen (secondary N) is 1. The number of hydrogen-bond donors (Lipinski definition) is 2. The first kappa shape index (κ1) is 13.0. The van der Waals surface area contributed by atoms with Gasteiger partial charge in [0.1, 0.15) is 0 Å². The number of nitrogens with zero attached hydrogens (tertiary/aromatic N) is 1. The maximum absolute atomic E-state index is 10.7. The average molecular weight is 327 g/mol. The van der Waals surface area contributed by atoms with Gasteiger partial charge in [0, 0.05) is 15.5 Å². The molecule has 0 aliphatic carbocycles. The quantitative estimate of drug-likeness (QED) is 0.896. The Kier molecular flexibility index (Phi) is 3.68. The summed E-state index contributed by atoms with van der Waals surface area (Å²) in [4.78, 5) is 14.7. The van der Waals surface area contributed by atoms with Crippen LogP contribution in [-0.2, 0) is 0 Å². The van der Waals surface area contributed by atoms with Gasteiger partial charge in [0.15, 0.2) is 10.8 Å². The van der Waals surface area contributed by atoms with Crippen LogP contribution in [0, 0.1) is 13.8 Å². The van der Waals surface area contributed by atoms with Gasteiger partial charge in [0.25, 0.3) is 0 Å². The van der Waals surface area contributed by atoms with Crippen molar-refractivity contribution in [2.24, 2.45) is 0 Å². The number of carbonyl (C=O) groups is 1. The third-order valence-corrected chi connectivity index (χ3v) is 4.42. The van der Waals surface area contributed by atoms with Gasteiger partial charge in [0.2, 0.25) is 0 Å². The van der Waals surface area contributed by atoms with Crippen molar-refractivity contribution in [3.63, 3.8) is 0 Å². The van der Waals surface area contributed by atoms with E-state index in [9.17, 15) is 4.79 Å². The van der Waals surface area contributed by atoms with Crippen LogP contribution in [-0.4, -0.2) is 16.1 Å². The maximum Gasteiger partial charge on any atom is 0.355 e. The molecule has 1 aromatic heterocycles. The Morgan fingerprint density at radius 2 is 2.00 bits per heavy atom. The van der Waals surface area contributed by atoms with E-state index in [2.05, 4.69) is 26.2 Å². The minimum Gasteiger partial charge on any atom is -0.476 e. The van der Waals surface area contributed by atoms with Crippen molar-refractivity contribution in [2.45, 2.75) is 13.8 Å². The molecule has 0 atom stereocenters. The second kappa shape index (κ2) is 5.07. The van der Waals surface area contributed by atoms with Gasteiger partial charge in [-0.1, -0.05) is 15.9 Å². The van der Waals surface area contributed by atoms with Crippen LogP contribution in [0.15, 0.2) is 22.0 Å². The van der Waals surface area contributed by atoms with Crippen molar-refractivity contribution in [3.8, 4) is 0 Å². The Morgan fingerprint density at radius 3 is 2.50 bits per heavy atom. The normalized spacial score (nSPS) is 10.4. The molecule has 2 aromatic rings. The zero-order valence-corrected chi connectivity index (χ0v) is 12.2. The van der Waals surface area contributed by atoms with E-state index in [-0.39, 0.29) is 5.69 Å². The van der Waals surface area contributed by atoms with Gasteiger partial charge in [0.05, 0.1) is 0 Å². The fraction of sp³-hybridized carbons (Fsp3) is 0.167. The smallest absolute Gasteiger partial charge is 0.355 e. The summed E-state index contributed by atoms with van der Waals surface area (Å²) < 4.78 is 1.08. The van der Waals surface area contributed by atoms with Crippen LogP contribution in [0.1, 0.15) is 21.6 Å². The van der Waals surface area contributed by atoms with Crippen molar-refractivity contribution in [1.29, 1.82) is 0 Å². The van der Waals surface area contributed by atoms with E-state index in [0.717, 1.165) is 21.3 Å². The molecule has 1 aromatic carbocycles. The average Bonchev–Trinajstić information content (AvgIpc) is 2.74. The van der Waals surface area contributed by atoms with E-state index >= 15 is 0 Å². The van der Waals surface area contributed by atoms with Crippen LogP contribution in [0.25, 0.3) is 0 Å². The Bertz CT molecular complexity index is 587. The first-order chi connectivity index (χ1) is 8.47.